The second-order valence-corrected chi connectivity index (χ2v) is 4.06. The van der Waals surface area contributed by atoms with Crippen molar-refractivity contribution in [1.29, 1.82) is 0 Å². The normalized spacial score (nSPS) is 17.6. The number of carboxylic acids is 1. The van der Waals surface area contributed by atoms with Gasteiger partial charge in [0.15, 0.2) is 0 Å². The second-order valence-electron chi connectivity index (χ2n) is 4.06. The molecule has 0 radical (unpaired) electrons. The second kappa shape index (κ2) is 4.53. The predicted octanol–water partition coefficient (Wildman–Crippen LogP) is 1.70. The summed E-state index contributed by atoms with van der Waals surface area (Å²) in [6.45, 7) is 0. The lowest BCUT2D eigenvalue weighted by Crippen LogP contribution is -2.24. The van der Waals surface area contributed by atoms with E-state index in [9.17, 15) is 4.79 Å². The Kier molecular flexibility index (Phi) is 3.10. The Morgan fingerprint density at radius 2 is 2.00 bits per heavy atom. The summed E-state index contributed by atoms with van der Waals surface area (Å²) in [6, 6.07) is 5.99. The summed E-state index contributed by atoms with van der Waals surface area (Å²) >= 11 is 0. The van der Waals surface area contributed by atoms with Crippen molar-refractivity contribution in [2.75, 3.05) is 0 Å². The van der Waals surface area contributed by atoms with Crippen molar-refractivity contribution in [3.63, 3.8) is 0 Å². The molecule has 0 heterocycles. The van der Waals surface area contributed by atoms with Crippen LogP contribution in [-0.2, 0) is 4.79 Å². The molecule has 0 spiro atoms. The van der Waals surface area contributed by atoms with Crippen LogP contribution in [0.15, 0.2) is 24.3 Å². The standard InChI is InChI=1S/C12H15NO3/c13-11(12(14)15)8-4-6-10(7-5-8)16-9-2-1-3-9/h4-7,9,11H,1-3,13H2,(H,14,15). The Balaban J connectivity index is 2.00. The molecule has 1 atom stereocenters. The fourth-order valence-electron chi connectivity index (χ4n) is 1.58. The molecule has 2 rings (SSSR count). The van der Waals surface area contributed by atoms with Crippen LogP contribution in [0.4, 0.5) is 0 Å². The lowest BCUT2D eigenvalue weighted by molar-refractivity contribution is -0.138. The summed E-state index contributed by atoms with van der Waals surface area (Å²) in [5.41, 5.74) is 6.08. The van der Waals surface area contributed by atoms with E-state index in [1.807, 2.05) is 0 Å². The van der Waals surface area contributed by atoms with Gasteiger partial charge in [-0.15, -0.1) is 0 Å². The van der Waals surface area contributed by atoms with Crippen molar-refractivity contribution in [2.24, 2.45) is 5.73 Å². The molecule has 0 saturated heterocycles. The van der Waals surface area contributed by atoms with Gasteiger partial charge in [0.25, 0.3) is 0 Å². The third-order valence-corrected chi connectivity index (χ3v) is 2.86. The molecule has 1 aromatic carbocycles. The number of carbonyl (C=O) groups is 1. The highest BCUT2D eigenvalue weighted by Gasteiger charge is 2.19. The van der Waals surface area contributed by atoms with E-state index in [0.717, 1.165) is 18.6 Å². The number of nitrogens with two attached hydrogens (primary N) is 1. The van der Waals surface area contributed by atoms with Crippen LogP contribution in [0.25, 0.3) is 0 Å². The molecule has 86 valence electrons. The molecule has 1 aromatic rings. The van der Waals surface area contributed by atoms with Crippen molar-refractivity contribution < 1.29 is 14.6 Å². The van der Waals surface area contributed by atoms with Gasteiger partial charge in [-0.25, -0.2) is 0 Å². The van der Waals surface area contributed by atoms with Gasteiger partial charge in [-0.2, -0.15) is 0 Å². The van der Waals surface area contributed by atoms with Crippen LogP contribution in [0, 0.1) is 0 Å². The highest BCUT2D eigenvalue weighted by molar-refractivity contribution is 5.75. The molecule has 4 nitrogen and oxygen atoms in total. The van der Waals surface area contributed by atoms with E-state index in [1.165, 1.54) is 6.42 Å². The van der Waals surface area contributed by atoms with Gasteiger partial charge in [-0.3, -0.25) is 4.79 Å². The molecule has 1 fully saturated rings. The number of benzene rings is 1. The van der Waals surface area contributed by atoms with E-state index >= 15 is 0 Å². The maximum Gasteiger partial charge on any atom is 0.325 e. The van der Waals surface area contributed by atoms with Crippen molar-refractivity contribution in [3.8, 4) is 5.75 Å². The number of carboxylic acid groups (broad SMARTS) is 1. The van der Waals surface area contributed by atoms with E-state index in [2.05, 4.69) is 0 Å². The van der Waals surface area contributed by atoms with Crippen molar-refractivity contribution in [3.05, 3.63) is 29.8 Å². The van der Waals surface area contributed by atoms with E-state index in [1.54, 1.807) is 24.3 Å². The average Bonchev–Trinajstić information content (AvgIpc) is 2.23. The summed E-state index contributed by atoms with van der Waals surface area (Å²) < 4.78 is 5.66. The Hall–Kier alpha value is -1.55. The quantitative estimate of drug-likeness (QED) is 0.811. The van der Waals surface area contributed by atoms with Crippen LogP contribution >= 0.6 is 0 Å². The van der Waals surface area contributed by atoms with Crippen LogP contribution in [0.2, 0.25) is 0 Å². The van der Waals surface area contributed by atoms with Crippen molar-refractivity contribution in [1.82, 2.24) is 0 Å². The summed E-state index contributed by atoms with van der Waals surface area (Å²) in [4.78, 5) is 10.7. The molecule has 1 unspecified atom stereocenters. The smallest absolute Gasteiger partial charge is 0.325 e. The molecule has 1 aliphatic rings. The first-order valence-electron chi connectivity index (χ1n) is 5.42. The SMILES string of the molecule is NC(C(=O)O)c1ccc(OC2CCC2)cc1. The minimum Gasteiger partial charge on any atom is -0.490 e. The average molecular weight is 221 g/mol. The minimum absolute atomic E-state index is 0.332. The highest BCUT2D eigenvalue weighted by atomic mass is 16.5. The van der Waals surface area contributed by atoms with Gasteiger partial charge in [-0.05, 0) is 37.0 Å². The van der Waals surface area contributed by atoms with Gasteiger partial charge >= 0.3 is 5.97 Å². The summed E-state index contributed by atoms with van der Waals surface area (Å²) in [5, 5.41) is 8.74. The summed E-state index contributed by atoms with van der Waals surface area (Å²) in [5.74, 6) is -0.237. The van der Waals surface area contributed by atoms with Crippen molar-refractivity contribution in [2.45, 2.75) is 31.4 Å². The first kappa shape index (κ1) is 11.0. The van der Waals surface area contributed by atoms with Gasteiger partial charge in [0.05, 0.1) is 6.10 Å². The Bertz CT molecular complexity index is 370. The van der Waals surface area contributed by atoms with E-state index < -0.39 is 12.0 Å². The molecule has 0 amide bonds. The Morgan fingerprint density at radius 3 is 2.44 bits per heavy atom. The van der Waals surface area contributed by atoms with E-state index in [-0.39, 0.29) is 0 Å². The van der Waals surface area contributed by atoms with Gasteiger partial charge in [-0.1, -0.05) is 12.1 Å². The molecule has 3 N–H and O–H groups in total. The van der Waals surface area contributed by atoms with Crippen LogP contribution in [0.5, 0.6) is 5.75 Å². The molecular formula is C12H15NO3. The number of aliphatic carboxylic acids is 1. The lowest BCUT2D eigenvalue weighted by atomic mass is 9.96. The molecule has 16 heavy (non-hydrogen) atoms. The zero-order valence-electron chi connectivity index (χ0n) is 8.93. The molecule has 0 aliphatic heterocycles. The molecule has 1 saturated carbocycles. The van der Waals surface area contributed by atoms with Crippen LogP contribution in [-0.4, -0.2) is 17.2 Å². The monoisotopic (exact) mass is 221 g/mol. The van der Waals surface area contributed by atoms with Crippen LogP contribution in [0.1, 0.15) is 30.9 Å². The largest absolute Gasteiger partial charge is 0.490 e. The maximum absolute atomic E-state index is 10.7. The number of ether oxygens (including phenoxy) is 1. The fourth-order valence-corrected chi connectivity index (χ4v) is 1.58. The number of hydrogen-bond donors (Lipinski definition) is 2. The van der Waals surface area contributed by atoms with Crippen LogP contribution < -0.4 is 10.5 Å². The van der Waals surface area contributed by atoms with Gasteiger partial charge in [0.1, 0.15) is 11.8 Å². The summed E-state index contributed by atoms with van der Waals surface area (Å²) in [6.07, 6.45) is 3.78. The predicted molar refractivity (Wildman–Crippen MR) is 59.3 cm³/mol. The van der Waals surface area contributed by atoms with Crippen molar-refractivity contribution >= 4 is 5.97 Å². The highest BCUT2D eigenvalue weighted by Crippen LogP contribution is 2.25. The molecule has 4 heteroatoms. The zero-order valence-corrected chi connectivity index (χ0v) is 8.93. The molecule has 0 aromatic heterocycles. The Labute approximate surface area is 94.0 Å². The van der Waals surface area contributed by atoms with Crippen LogP contribution in [0.3, 0.4) is 0 Å². The fraction of sp³-hybridized carbons (Fsp3) is 0.417. The maximum atomic E-state index is 10.7. The van der Waals surface area contributed by atoms with E-state index in [0.29, 0.717) is 11.7 Å². The van der Waals surface area contributed by atoms with Gasteiger partial charge in [0.2, 0.25) is 0 Å². The lowest BCUT2D eigenvalue weighted by Gasteiger charge is -2.26. The first-order valence-corrected chi connectivity index (χ1v) is 5.42. The third-order valence-electron chi connectivity index (χ3n) is 2.86. The number of hydrogen-bond acceptors (Lipinski definition) is 3. The first-order chi connectivity index (χ1) is 7.66. The zero-order chi connectivity index (χ0) is 11.5. The van der Waals surface area contributed by atoms with Gasteiger partial charge in [0, 0.05) is 0 Å². The minimum atomic E-state index is -1.02. The summed E-state index contributed by atoms with van der Waals surface area (Å²) in [7, 11) is 0. The molecule has 1 aliphatic carbocycles. The molecule has 0 bridgehead atoms. The van der Waals surface area contributed by atoms with Gasteiger partial charge < -0.3 is 15.6 Å². The third kappa shape index (κ3) is 2.33. The topological polar surface area (TPSA) is 72.6 Å². The Morgan fingerprint density at radius 1 is 1.38 bits per heavy atom. The van der Waals surface area contributed by atoms with E-state index in [4.69, 9.17) is 15.6 Å². The molecular weight excluding hydrogens is 206 g/mol. The number of rotatable bonds is 4.